The third-order valence-corrected chi connectivity index (χ3v) is 3.38. The summed E-state index contributed by atoms with van der Waals surface area (Å²) in [5.74, 6) is 0. The Labute approximate surface area is 127 Å². The van der Waals surface area contributed by atoms with Crippen molar-refractivity contribution in [1.29, 1.82) is 0 Å². The average Bonchev–Trinajstić information content (AvgIpc) is 2.77. The van der Waals surface area contributed by atoms with Crippen LogP contribution >= 0.6 is 12.4 Å². The number of nitrogens with zero attached hydrogens (tertiary/aromatic N) is 2. The molecule has 3 nitrogen and oxygen atoms in total. The Morgan fingerprint density at radius 1 is 1.20 bits per heavy atom. The van der Waals surface area contributed by atoms with E-state index in [1.807, 2.05) is 6.20 Å². The zero-order chi connectivity index (χ0) is 13.7. The van der Waals surface area contributed by atoms with Gasteiger partial charge in [-0.1, -0.05) is 30.3 Å². The summed E-state index contributed by atoms with van der Waals surface area (Å²) in [6.45, 7) is 8.35. The Bertz CT molecular complexity index is 506. The maximum absolute atomic E-state index is 4.43. The molecule has 4 heteroatoms. The zero-order valence-corrected chi connectivity index (χ0v) is 13.3. The van der Waals surface area contributed by atoms with Crippen LogP contribution in [-0.2, 0) is 13.0 Å². The largest absolute Gasteiger partial charge is 0.312 e. The van der Waals surface area contributed by atoms with Crippen molar-refractivity contribution in [2.24, 2.45) is 0 Å². The van der Waals surface area contributed by atoms with E-state index in [1.165, 1.54) is 16.8 Å². The third-order valence-electron chi connectivity index (χ3n) is 3.38. The molecule has 0 radical (unpaired) electrons. The second-order valence-electron chi connectivity index (χ2n) is 5.21. The summed E-state index contributed by atoms with van der Waals surface area (Å²) in [4.78, 5) is 0. The van der Waals surface area contributed by atoms with Crippen molar-refractivity contribution < 1.29 is 0 Å². The molecule has 0 spiro atoms. The van der Waals surface area contributed by atoms with E-state index in [-0.39, 0.29) is 12.4 Å². The van der Waals surface area contributed by atoms with Gasteiger partial charge >= 0.3 is 0 Å². The summed E-state index contributed by atoms with van der Waals surface area (Å²) in [5, 5.41) is 7.92. The van der Waals surface area contributed by atoms with E-state index < -0.39 is 0 Å². The van der Waals surface area contributed by atoms with E-state index >= 15 is 0 Å². The van der Waals surface area contributed by atoms with Gasteiger partial charge in [-0.25, -0.2) is 0 Å². The number of aromatic nitrogens is 2. The van der Waals surface area contributed by atoms with Crippen molar-refractivity contribution in [3.63, 3.8) is 0 Å². The van der Waals surface area contributed by atoms with Gasteiger partial charge in [0.1, 0.15) is 0 Å². The predicted octanol–water partition coefficient (Wildman–Crippen LogP) is 3.53. The number of rotatable bonds is 6. The van der Waals surface area contributed by atoms with Crippen molar-refractivity contribution in [2.75, 3.05) is 6.54 Å². The fraction of sp³-hybridized carbons (Fsp3) is 0.438. The van der Waals surface area contributed by atoms with Crippen LogP contribution in [0.3, 0.4) is 0 Å². The first kappa shape index (κ1) is 16.7. The van der Waals surface area contributed by atoms with Crippen molar-refractivity contribution in [3.05, 3.63) is 53.3 Å². The first-order chi connectivity index (χ1) is 9.18. The fourth-order valence-corrected chi connectivity index (χ4v) is 2.25. The number of halogens is 1. The smallest absolute Gasteiger partial charge is 0.0537 e. The van der Waals surface area contributed by atoms with Gasteiger partial charge in [0.05, 0.1) is 6.20 Å². The minimum atomic E-state index is 0. The third kappa shape index (κ3) is 4.36. The molecule has 1 N–H and O–H groups in total. The minimum Gasteiger partial charge on any atom is -0.312 e. The van der Waals surface area contributed by atoms with Crippen molar-refractivity contribution in [1.82, 2.24) is 15.1 Å². The van der Waals surface area contributed by atoms with Gasteiger partial charge < -0.3 is 5.32 Å². The number of hydrogen-bond donors (Lipinski definition) is 1. The molecule has 20 heavy (non-hydrogen) atoms. The monoisotopic (exact) mass is 293 g/mol. The molecule has 0 saturated heterocycles. The topological polar surface area (TPSA) is 29.9 Å². The molecule has 0 aliphatic heterocycles. The molecular formula is C16H24ClN3. The highest BCUT2D eigenvalue weighted by molar-refractivity contribution is 5.85. The molecule has 1 aromatic heterocycles. The summed E-state index contributed by atoms with van der Waals surface area (Å²) >= 11 is 0. The first-order valence-electron chi connectivity index (χ1n) is 6.96. The van der Waals surface area contributed by atoms with Gasteiger partial charge in [-0.15, -0.1) is 12.4 Å². The lowest BCUT2D eigenvalue weighted by Gasteiger charge is -2.09. The Kier molecular flexibility index (Phi) is 6.76. The molecule has 110 valence electrons. The van der Waals surface area contributed by atoms with Crippen LogP contribution in [0.1, 0.15) is 36.7 Å². The van der Waals surface area contributed by atoms with Crippen molar-refractivity contribution in [2.45, 2.75) is 39.8 Å². The lowest BCUT2D eigenvalue weighted by atomic mass is 10.1. The van der Waals surface area contributed by atoms with Crippen LogP contribution in [0.15, 0.2) is 36.5 Å². The maximum Gasteiger partial charge on any atom is 0.0537 e. The van der Waals surface area contributed by atoms with Gasteiger partial charge in [0, 0.05) is 23.8 Å². The van der Waals surface area contributed by atoms with E-state index in [1.54, 1.807) is 0 Å². The predicted molar refractivity (Wildman–Crippen MR) is 86.4 cm³/mol. The van der Waals surface area contributed by atoms with Crippen LogP contribution in [0.4, 0.5) is 0 Å². The molecule has 0 aliphatic rings. The lowest BCUT2D eigenvalue weighted by molar-refractivity contribution is 0.517. The Balaban J connectivity index is 0.00000200. The van der Waals surface area contributed by atoms with E-state index in [4.69, 9.17) is 0 Å². The average molecular weight is 294 g/mol. The van der Waals surface area contributed by atoms with Crippen LogP contribution in [0.5, 0.6) is 0 Å². The molecule has 0 atom stereocenters. The van der Waals surface area contributed by atoms with Gasteiger partial charge in [0.25, 0.3) is 0 Å². The van der Waals surface area contributed by atoms with Gasteiger partial charge in [-0.05, 0) is 39.3 Å². The van der Waals surface area contributed by atoms with E-state index in [2.05, 4.69) is 66.2 Å². The quantitative estimate of drug-likeness (QED) is 0.826. The van der Waals surface area contributed by atoms with Crippen LogP contribution in [0, 0.1) is 6.92 Å². The zero-order valence-electron chi connectivity index (χ0n) is 12.5. The van der Waals surface area contributed by atoms with Gasteiger partial charge in [0.15, 0.2) is 0 Å². The molecule has 1 heterocycles. The molecule has 0 unspecified atom stereocenters. The summed E-state index contributed by atoms with van der Waals surface area (Å²) in [5.41, 5.74) is 3.94. The molecule has 2 aromatic rings. The van der Waals surface area contributed by atoms with E-state index in [9.17, 15) is 0 Å². The number of hydrogen-bond acceptors (Lipinski definition) is 2. The molecule has 2 rings (SSSR count). The molecule has 1 aromatic carbocycles. The molecule has 0 fully saturated rings. The molecule has 0 amide bonds. The minimum absolute atomic E-state index is 0. The van der Waals surface area contributed by atoms with Gasteiger partial charge in [-0.3, -0.25) is 4.68 Å². The van der Waals surface area contributed by atoms with Crippen molar-refractivity contribution >= 4 is 12.4 Å². The molecule has 0 bridgehead atoms. The fourth-order valence-electron chi connectivity index (χ4n) is 2.25. The van der Waals surface area contributed by atoms with Gasteiger partial charge in [0.2, 0.25) is 0 Å². The maximum atomic E-state index is 4.43. The summed E-state index contributed by atoms with van der Waals surface area (Å²) in [6.07, 6.45) is 3.04. The molecule has 0 saturated carbocycles. The molecular weight excluding hydrogens is 270 g/mol. The van der Waals surface area contributed by atoms with Crippen molar-refractivity contribution in [3.8, 4) is 0 Å². The second kappa shape index (κ2) is 8.08. The summed E-state index contributed by atoms with van der Waals surface area (Å²) < 4.78 is 2.08. The highest BCUT2D eigenvalue weighted by Gasteiger charge is 2.07. The van der Waals surface area contributed by atoms with Crippen LogP contribution in [-0.4, -0.2) is 16.3 Å². The number of nitrogens with one attached hydrogen (secondary N) is 1. The highest BCUT2D eigenvalue weighted by Crippen LogP contribution is 2.12. The molecule has 0 aliphatic carbocycles. The standard InChI is InChI=1S/C16H23N3.ClH/c1-13(2)19-14(3)16(12-18-19)11-17-10-9-15-7-5-4-6-8-15;/h4-8,12-13,17H,9-11H2,1-3H3;1H. The van der Waals surface area contributed by atoms with E-state index in [0.717, 1.165) is 19.5 Å². The van der Waals surface area contributed by atoms with Crippen LogP contribution in [0.2, 0.25) is 0 Å². The SMILES string of the molecule is Cc1c(CNCCc2ccccc2)cnn1C(C)C.Cl. The first-order valence-corrected chi connectivity index (χ1v) is 6.96. The number of benzene rings is 1. The van der Waals surface area contributed by atoms with Crippen LogP contribution in [0.25, 0.3) is 0 Å². The van der Waals surface area contributed by atoms with Gasteiger partial charge in [-0.2, -0.15) is 5.10 Å². The second-order valence-corrected chi connectivity index (χ2v) is 5.21. The van der Waals surface area contributed by atoms with Crippen LogP contribution < -0.4 is 5.32 Å². The summed E-state index contributed by atoms with van der Waals surface area (Å²) in [6, 6.07) is 11.0. The Hall–Kier alpha value is -1.32. The lowest BCUT2D eigenvalue weighted by Crippen LogP contribution is -2.17. The highest BCUT2D eigenvalue weighted by atomic mass is 35.5. The Morgan fingerprint density at radius 3 is 2.50 bits per heavy atom. The Morgan fingerprint density at radius 2 is 1.90 bits per heavy atom. The normalized spacial score (nSPS) is 10.6. The summed E-state index contributed by atoms with van der Waals surface area (Å²) in [7, 11) is 0. The van der Waals surface area contributed by atoms with E-state index in [0.29, 0.717) is 6.04 Å².